The first kappa shape index (κ1) is 18.2. The SMILES string of the molecule is CC(=O)c1ccccc1NC(=O)c1cccnc1Sc1ccccc1Cl. The summed E-state index contributed by atoms with van der Waals surface area (Å²) >= 11 is 7.52. The van der Waals surface area contributed by atoms with Crippen LogP contribution in [0.25, 0.3) is 0 Å². The summed E-state index contributed by atoms with van der Waals surface area (Å²) in [5.74, 6) is -0.445. The lowest BCUT2D eigenvalue weighted by molar-refractivity contribution is 0.101. The number of nitrogens with zero attached hydrogens (tertiary/aromatic N) is 1. The molecule has 0 atom stereocenters. The molecule has 4 nitrogen and oxygen atoms in total. The highest BCUT2D eigenvalue weighted by Gasteiger charge is 2.16. The van der Waals surface area contributed by atoms with Gasteiger partial charge in [-0.05, 0) is 43.3 Å². The molecule has 1 amide bonds. The van der Waals surface area contributed by atoms with E-state index in [0.29, 0.717) is 26.9 Å². The topological polar surface area (TPSA) is 59.1 Å². The van der Waals surface area contributed by atoms with Crippen LogP contribution in [0.4, 0.5) is 5.69 Å². The van der Waals surface area contributed by atoms with Gasteiger partial charge in [-0.15, -0.1) is 0 Å². The van der Waals surface area contributed by atoms with Crippen LogP contribution in [0.5, 0.6) is 0 Å². The van der Waals surface area contributed by atoms with E-state index in [4.69, 9.17) is 11.6 Å². The Hall–Kier alpha value is -2.63. The lowest BCUT2D eigenvalue weighted by Gasteiger charge is -2.11. The Morgan fingerprint density at radius 2 is 1.65 bits per heavy atom. The number of Topliss-reactive ketones (excluding diaryl/α,β-unsaturated/α-hetero) is 1. The van der Waals surface area contributed by atoms with E-state index < -0.39 is 0 Å². The fourth-order valence-corrected chi connectivity index (χ4v) is 3.52. The maximum Gasteiger partial charge on any atom is 0.258 e. The average Bonchev–Trinajstić information content (AvgIpc) is 2.64. The van der Waals surface area contributed by atoms with Crippen LogP contribution in [0.2, 0.25) is 5.02 Å². The van der Waals surface area contributed by atoms with Crippen LogP contribution in [0.1, 0.15) is 27.6 Å². The Kier molecular flexibility index (Phi) is 5.71. The van der Waals surface area contributed by atoms with Crippen molar-refractivity contribution in [3.05, 3.63) is 83.0 Å². The van der Waals surface area contributed by atoms with E-state index in [0.717, 1.165) is 4.90 Å². The van der Waals surface area contributed by atoms with Crippen molar-refractivity contribution >= 4 is 40.7 Å². The van der Waals surface area contributed by atoms with Gasteiger partial charge < -0.3 is 5.32 Å². The first-order valence-corrected chi connectivity index (χ1v) is 9.04. The Bertz CT molecular complexity index is 975. The molecule has 0 radical (unpaired) electrons. The molecule has 0 saturated heterocycles. The first-order valence-electron chi connectivity index (χ1n) is 7.85. The van der Waals surface area contributed by atoms with E-state index in [9.17, 15) is 9.59 Å². The van der Waals surface area contributed by atoms with Gasteiger partial charge >= 0.3 is 0 Å². The van der Waals surface area contributed by atoms with Gasteiger partial charge in [0.2, 0.25) is 0 Å². The van der Waals surface area contributed by atoms with Gasteiger partial charge in [-0.1, -0.05) is 47.6 Å². The smallest absolute Gasteiger partial charge is 0.258 e. The number of aromatic nitrogens is 1. The van der Waals surface area contributed by atoms with Crippen molar-refractivity contribution in [2.45, 2.75) is 16.8 Å². The summed E-state index contributed by atoms with van der Waals surface area (Å²) in [6.45, 7) is 1.47. The van der Waals surface area contributed by atoms with E-state index in [-0.39, 0.29) is 11.7 Å². The van der Waals surface area contributed by atoms with Gasteiger partial charge in [0.1, 0.15) is 5.03 Å². The van der Waals surface area contributed by atoms with Crippen LogP contribution in [-0.2, 0) is 0 Å². The fraction of sp³-hybridized carbons (Fsp3) is 0.0500. The molecule has 1 N–H and O–H groups in total. The minimum Gasteiger partial charge on any atom is -0.321 e. The highest BCUT2D eigenvalue weighted by molar-refractivity contribution is 7.99. The average molecular weight is 383 g/mol. The quantitative estimate of drug-likeness (QED) is 0.605. The van der Waals surface area contributed by atoms with Gasteiger partial charge in [0, 0.05) is 16.7 Å². The van der Waals surface area contributed by atoms with Crippen molar-refractivity contribution in [2.24, 2.45) is 0 Å². The number of nitrogens with one attached hydrogen (secondary N) is 1. The molecule has 0 saturated carbocycles. The molecule has 1 heterocycles. The normalized spacial score (nSPS) is 10.4. The molecule has 2 aromatic carbocycles. The molecule has 6 heteroatoms. The largest absolute Gasteiger partial charge is 0.321 e. The van der Waals surface area contributed by atoms with Crippen molar-refractivity contribution in [2.75, 3.05) is 5.32 Å². The van der Waals surface area contributed by atoms with E-state index in [1.165, 1.54) is 18.7 Å². The zero-order valence-electron chi connectivity index (χ0n) is 13.9. The second kappa shape index (κ2) is 8.17. The summed E-state index contributed by atoms with van der Waals surface area (Å²) in [6.07, 6.45) is 1.62. The summed E-state index contributed by atoms with van der Waals surface area (Å²) in [7, 11) is 0. The number of para-hydroxylation sites is 1. The molecule has 0 spiro atoms. The van der Waals surface area contributed by atoms with E-state index in [1.807, 2.05) is 18.2 Å². The Morgan fingerprint density at radius 1 is 0.962 bits per heavy atom. The lowest BCUT2D eigenvalue weighted by Crippen LogP contribution is -2.15. The van der Waals surface area contributed by atoms with Crippen molar-refractivity contribution in [1.29, 1.82) is 0 Å². The van der Waals surface area contributed by atoms with Gasteiger partial charge in [-0.3, -0.25) is 9.59 Å². The number of halogens is 1. The second-order valence-corrected chi connectivity index (χ2v) is 6.88. The molecule has 0 aliphatic rings. The second-order valence-electron chi connectivity index (χ2n) is 5.44. The predicted molar refractivity (Wildman–Crippen MR) is 104 cm³/mol. The number of carbonyl (C=O) groups excluding carboxylic acids is 2. The zero-order chi connectivity index (χ0) is 18.5. The van der Waals surface area contributed by atoms with Crippen LogP contribution in [-0.4, -0.2) is 16.7 Å². The predicted octanol–water partition coefficient (Wildman–Crippen LogP) is 5.34. The van der Waals surface area contributed by atoms with Crippen LogP contribution in [0.3, 0.4) is 0 Å². The molecule has 1 aromatic heterocycles. The number of benzene rings is 2. The van der Waals surface area contributed by atoms with Crippen molar-refractivity contribution in [3.8, 4) is 0 Å². The minimum absolute atomic E-state index is 0.113. The number of pyridine rings is 1. The minimum atomic E-state index is -0.332. The number of hydrogen-bond donors (Lipinski definition) is 1. The van der Waals surface area contributed by atoms with E-state index in [1.54, 1.807) is 48.7 Å². The molecule has 0 bridgehead atoms. The van der Waals surface area contributed by atoms with Crippen LogP contribution in [0, 0.1) is 0 Å². The third-order valence-electron chi connectivity index (χ3n) is 3.61. The Morgan fingerprint density at radius 3 is 2.42 bits per heavy atom. The molecule has 3 rings (SSSR count). The molecule has 0 aliphatic carbocycles. The summed E-state index contributed by atoms with van der Waals surface area (Å²) in [4.78, 5) is 29.6. The third-order valence-corrected chi connectivity index (χ3v) is 5.15. The van der Waals surface area contributed by atoms with Gasteiger partial charge in [0.25, 0.3) is 5.91 Å². The molecule has 130 valence electrons. The summed E-state index contributed by atoms with van der Waals surface area (Å²) in [5, 5.41) is 3.94. The number of hydrogen-bond acceptors (Lipinski definition) is 4. The van der Waals surface area contributed by atoms with Crippen molar-refractivity contribution < 1.29 is 9.59 Å². The van der Waals surface area contributed by atoms with Crippen molar-refractivity contribution in [3.63, 3.8) is 0 Å². The monoisotopic (exact) mass is 382 g/mol. The standard InChI is InChI=1S/C20H15ClN2O2S/c1-13(24)14-7-2-4-10-17(14)23-19(25)15-8-6-12-22-20(15)26-18-11-5-3-9-16(18)21/h2-12H,1H3,(H,23,25). The summed E-state index contributed by atoms with van der Waals surface area (Å²) < 4.78 is 0. The number of carbonyl (C=O) groups is 2. The van der Waals surface area contributed by atoms with Crippen molar-refractivity contribution in [1.82, 2.24) is 4.98 Å². The lowest BCUT2D eigenvalue weighted by atomic mass is 10.1. The number of ketones is 1. The van der Waals surface area contributed by atoms with Crippen LogP contribution >= 0.6 is 23.4 Å². The molecule has 3 aromatic rings. The molecule has 26 heavy (non-hydrogen) atoms. The molecule has 0 aliphatic heterocycles. The third kappa shape index (κ3) is 4.12. The maximum atomic E-state index is 12.8. The zero-order valence-corrected chi connectivity index (χ0v) is 15.5. The summed E-state index contributed by atoms with van der Waals surface area (Å²) in [6, 6.07) is 17.7. The summed E-state index contributed by atoms with van der Waals surface area (Å²) in [5.41, 5.74) is 1.35. The maximum absolute atomic E-state index is 12.8. The Labute approximate surface area is 160 Å². The van der Waals surface area contributed by atoms with E-state index >= 15 is 0 Å². The van der Waals surface area contributed by atoms with Gasteiger partial charge in [-0.25, -0.2) is 4.98 Å². The Balaban J connectivity index is 1.90. The highest BCUT2D eigenvalue weighted by Crippen LogP contribution is 2.33. The van der Waals surface area contributed by atoms with Gasteiger partial charge in [0.15, 0.2) is 5.78 Å². The van der Waals surface area contributed by atoms with E-state index in [2.05, 4.69) is 10.3 Å². The highest BCUT2D eigenvalue weighted by atomic mass is 35.5. The first-order chi connectivity index (χ1) is 12.6. The molecule has 0 fully saturated rings. The fourth-order valence-electron chi connectivity index (χ4n) is 2.37. The molecule has 0 unspecified atom stereocenters. The molecular formula is C20H15ClN2O2S. The molecular weight excluding hydrogens is 368 g/mol. The van der Waals surface area contributed by atoms with Crippen LogP contribution < -0.4 is 5.32 Å². The van der Waals surface area contributed by atoms with Gasteiger partial charge in [-0.2, -0.15) is 0 Å². The van der Waals surface area contributed by atoms with Crippen LogP contribution in [0.15, 0.2) is 76.8 Å². The number of rotatable bonds is 5. The van der Waals surface area contributed by atoms with Gasteiger partial charge in [0.05, 0.1) is 16.3 Å². The number of anilines is 1. The number of amides is 1.